The van der Waals surface area contributed by atoms with E-state index in [1.807, 2.05) is 0 Å². The Morgan fingerprint density at radius 2 is 1.78 bits per heavy atom. The van der Waals surface area contributed by atoms with Crippen molar-refractivity contribution in [2.24, 2.45) is 0 Å². The first-order valence-corrected chi connectivity index (χ1v) is 5.45. The third kappa shape index (κ3) is 2.33. The first kappa shape index (κ1) is 12.1. The Labute approximate surface area is 104 Å². The molecule has 0 saturated heterocycles. The van der Waals surface area contributed by atoms with Crippen molar-refractivity contribution < 1.29 is 15.0 Å². The maximum Gasteiger partial charge on any atom is 0.198 e. The fourth-order valence-corrected chi connectivity index (χ4v) is 1.69. The molecule has 18 heavy (non-hydrogen) atoms. The Hall–Kier alpha value is -2.33. The van der Waals surface area contributed by atoms with Gasteiger partial charge in [-0.3, -0.25) is 4.79 Å². The Morgan fingerprint density at radius 1 is 1.11 bits per heavy atom. The number of rotatable bonds is 3. The third-order valence-corrected chi connectivity index (χ3v) is 2.67. The monoisotopic (exact) mass is 243 g/mol. The minimum absolute atomic E-state index is 0.0622. The zero-order chi connectivity index (χ0) is 13.1. The number of hydrogen-bond donors (Lipinski definition) is 3. The van der Waals surface area contributed by atoms with E-state index in [1.54, 1.807) is 30.3 Å². The number of phenols is 1. The first-order chi connectivity index (χ1) is 8.59. The standard InChI is InChI=1S/C14H13NO3/c15-12-7-6-10(16)8-11(12)14(18)13(17)9-4-2-1-3-5-9/h1-8,13,16-17H,15H2. The van der Waals surface area contributed by atoms with Gasteiger partial charge >= 0.3 is 0 Å². The Morgan fingerprint density at radius 3 is 2.44 bits per heavy atom. The fourth-order valence-electron chi connectivity index (χ4n) is 1.69. The highest BCUT2D eigenvalue weighted by molar-refractivity contribution is 6.04. The van der Waals surface area contributed by atoms with Crippen LogP contribution in [-0.2, 0) is 0 Å². The van der Waals surface area contributed by atoms with Crippen LogP contribution in [0, 0.1) is 0 Å². The lowest BCUT2D eigenvalue weighted by Crippen LogP contribution is -2.14. The Bertz CT molecular complexity index is 567. The van der Waals surface area contributed by atoms with Crippen LogP contribution in [-0.4, -0.2) is 16.0 Å². The smallest absolute Gasteiger partial charge is 0.198 e. The highest BCUT2D eigenvalue weighted by Crippen LogP contribution is 2.24. The molecule has 4 heteroatoms. The molecule has 0 aliphatic heterocycles. The molecular formula is C14H13NO3. The van der Waals surface area contributed by atoms with Crippen LogP contribution in [0.2, 0.25) is 0 Å². The van der Waals surface area contributed by atoms with E-state index in [1.165, 1.54) is 18.2 Å². The number of ketones is 1. The highest BCUT2D eigenvalue weighted by atomic mass is 16.3. The summed E-state index contributed by atoms with van der Waals surface area (Å²) >= 11 is 0. The van der Waals surface area contributed by atoms with E-state index in [2.05, 4.69) is 0 Å². The van der Waals surface area contributed by atoms with E-state index >= 15 is 0 Å². The predicted molar refractivity (Wildman–Crippen MR) is 68.3 cm³/mol. The van der Waals surface area contributed by atoms with Crippen molar-refractivity contribution in [1.29, 1.82) is 0 Å². The molecule has 4 nitrogen and oxygen atoms in total. The summed E-state index contributed by atoms with van der Waals surface area (Å²) < 4.78 is 0. The molecule has 2 rings (SSSR count). The number of aromatic hydroxyl groups is 1. The summed E-state index contributed by atoms with van der Waals surface area (Å²) in [6, 6.07) is 12.6. The number of hydrogen-bond acceptors (Lipinski definition) is 4. The summed E-state index contributed by atoms with van der Waals surface area (Å²) in [5.74, 6) is -0.595. The van der Waals surface area contributed by atoms with E-state index in [4.69, 9.17) is 5.73 Å². The van der Waals surface area contributed by atoms with Gasteiger partial charge in [0.2, 0.25) is 0 Å². The number of nitrogens with two attached hydrogens (primary N) is 1. The molecule has 1 atom stereocenters. The zero-order valence-electron chi connectivity index (χ0n) is 9.58. The van der Waals surface area contributed by atoms with Crippen molar-refractivity contribution in [1.82, 2.24) is 0 Å². The van der Waals surface area contributed by atoms with Crippen molar-refractivity contribution >= 4 is 11.5 Å². The van der Waals surface area contributed by atoms with Crippen molar-refractivity contribution in [2.45, 2.75) is 6.10 Å². The maximum atomic E-state index is 12.1. The number of carbonyl (C=O) groups excluding carboxylic acids is 1. The molecule has 4 N–H and O–H groups in total. The van der Waals surface area contributed by atoms with Gasteiger partial charge in [0.25, 0.3) is 0 Å². The van der Waals surface area contributed by atoms with Crippen molar-refractivity contribution in [2.75, 3.05) is 5.73 Å². The highest BCUT2D eigenvalue weighted by Gasteiger charge is 2.21. The van der Waals surface area contributed by atoms with E-state index in [9.17, 15) is 15.0 Å². The summed E-state index contributed by atoms with van der Waals surface area (Å²) in [5.41, 5.74) is 6.50. The molecule has 0 radical (unpaired) electrons. The van der Waals surface area contributed by atoms with E-state index in [0.717, 1.165) is 0 Å². The molecule has 2 aromatic carbocycles. The number of phenolic OH excluding ortho intramolecular Hbond substituents is 1. The SMILES string of the molecule is Nc1ccc(O)cc1C(=O)C(O)c1ccccc1. The molecule has 0 aromatic heterocycles. The molecule has 0 amide bonds. The second kappa shape index (κ2) is 4.89. The van der Waals surface area contributed by atoms with Crippen molar-refractivity contribution in [3.05, 3.63) is 59.7 Å². The molecule has 0 aliphatic rings. The normalized spacial score (nSPS) is 12.1. The fraction of sp³-hybridized carbons (Fsp3) is 0.0714. The number of aliphatic hydroxyl groups excluding tert-OH is 1. The van der Waals surface area contributed by atoms with Gasteiger partial charge in [-0.05, 0) is 23.8 Å². The topological polar surface area (TPSA) is 83.5 Å². The van der Waals surface area contributed by atoms with Crippen LogP contribution in [0.25, 0.3) is 0 Å². The van der Waals surface area contributed by atoms with Crippen LogP contribution in [0.15, 0.2) is 48.5 Å². The van der Waals surface area contributed by atoms with Crippen LogP contribution in [0.1, 0.15) is 22.0 Å². The number of anilines is 1. The van der Waals surface area contributed by atoms with Crippen LogP contribution in [0.5, 0.6) is 5.75 Å². The summed E-state index contributed by atoms with van der Waals surface area (Å²) in [7, 11) is 0. The minimum Gasteiger partial charge on any atom is -0.508 e. The van der Waals surface area contributed by atoms with Crippen LogP contribution in [0.4, 0.5) is 5.69 Å². The number of nitrogen functional groups attached to an aromatic ring is 1. The molecular weight excluding hydrogens is 230 g/mol. The Balaban J connectivity index is 2.34. The lowest BCUT2D eigenvalue weighted by molar-refractivity contribution is 0.0748. The van der Waals surface area contributed by atoms with E-state index in [-0.39, 0.29) is 17.0 Å². The van der Waals surface area contributed by atoms with Gasteiger partial charge in [-0.2, -0.15) is 0 Å². The van der Waals surface area contributed by atoms with Gasteiger partial charge in [-0.25, -0.2) is 0 Å². The largest absolute Gasteiger partial charge is 0.508 e. The summed E-state index contributed by atoms with van der Waals surface area (Å²) in [5, 5.41) is 19.3. The molecule has 0 bridgehead atoms. The lowest BCUT2D eigenvalue weighted by atomic mass is 9.98. The van der Waals surface area contributed by atoms with E-state index in [0.29, 0.717) is 5.56 Å². The number of benzene rings is 2. The third-order valence-electron chi connectivity index (χ3n) is 2.67. The molecule has 0 aliphatic carbocycles. The van der Waals surface area contributed by atoms with Crippen molar-refractivity contribution in [3.8, 4) is 5.75 Å². The molecule has 0 fully saturated rings. The molecule has 2 aromatic rings. The molecule has 0 spiro atoms. The van der Waals surface area contributed by atoms with Gasteiger partial charge in [0.05, 0.1) is 0 Å². The summed E-state index contributed by atoms with van der Waals surface area (Å²) in [4.78, 5) is 12.1. The minimum atomic E-state index is -1.28. The molecule has 92 valence electrons. The second-order valence-electron chi connectivity index (χ2n) is 3.95. The molecule has 1 unspecified atom stereocenters. The summed E-state index contributed by atoms with van der Waals surface area (Å²) in [6.45, 7) is 0. The van der Waals surface area contributed by atoms with Gasteiger partial charge in [0.1, 0.15) is 11.9 Å². The van der Waals surface area contributed by atoms with Crippen LogP contribution in [0.3, 0.4) is 0 Å². The maximum absolute atomic E-state index is 12.1. The number of Topliss-reactive ketones (excluding diaryl/α,β-unsaturated/α-hetero) is 1. The van der Waals surface area contributed by atoms with Gasteiger partial charge in [0, 0.05) is 11.3 Å². The van der Waals surface area contributed by atoms with E-state index < -0.39 is 11.9 Å². The van der Waals surface area contributed by atoms with Gasteiger partial charge < -0.3 is 15.9 Å². The number of aliphatic hydroxyl groups is 1. The molecule has 0 heterocycles. The quantitative estimate of drug-likeness (QED) is 0.436. The number of carbonyl (C=O) groups is 1. The Kier molecular flexibility index (Phi) is 3.30. The lowest BCUT2D eigenvalue weighted by Gasteiger charge is -2.11. The zero-order valence-corrected chi connectivity index (χ0v) is 9.58. The van der Waals surface area contributed by atoms with Crippen LogP contribution < -0.4 is 5.73 Å². The van der Waals surface area contributed by atoms with Crippen LogP contribution >= 0.6 is 0 Å². The van der Waals surface area contributed by atoms with Crippen molar-refractivity contribution in [3.63, 3.8) is 0 Å². The van der Waals surface area contributed by atoms with Gasteiger partial charge in [-0.15, -0.1) is 0 Å². The second-order valence-corrected chi connectivity index (χ2v) is 3.95. The first-order valence-electron chi connectivity index (χ1n) is 5.45. The van der Waals surface area contributed by atoms with Gasteiger partial charge in [-0.1, -0.05) is 30.3 Å². The van der Waals surface area contributed by atoms with Gasteiger partial charge in [0.15, 0.2) is 5.78 Å². The predicted octanol–water partition coefficient (Wildman–Crippen LogP) is 1.89. The molecule has 0 saturated carbocycles. The summed E-state index contributed by atoms with van der Waals surface area (Å²) in [6.07, 6.45) is -1.28. The average molecular weight is 243 g/mol. The average Bonchev–Trinajstić information content (AvgIpc) is 2.41.